The lowest BCUT2D eigenvalue weighted by Gasteiger charge is -2.25. The van der Waals surface area contributed by atoms with Gasteiger partial charge in [0.25, 0.3) is 0 Å². The van der Waals surface area contributed by atoms with E-state index in [-0.39, 0.29) is 0 Å². The third-order valence-corrected chi connectivity index (χ3v) is 3.74. The molecule has 0 aliphatic heterocycles. The van der Waals surface area contributed by atoms with Crippen LogP contribution in [-0.4, -0.2) is 4.98 Å². The Hall–Kier alpha value is -2.61. The lowest BCUT2D eigenvalue weighted by molar-refractivity contribution is 1.16. The zero-order valence-corrected chi connectivity index (χ0v) is 15.2. The van der Waals surface area contributed by atoms with E-state index in [9.17, 15) is 0 Å². The fourth-order valence-corrected chi connectivity index (χ4v) is 2.43. The second-order valence-corrected chi connectivity index (χ2v) is 5.66. The van der Waals surface area contributed by atoms with Crippen molar-refractivity contribution in [2.45, 2.75) is 34.6 Å². The van der Waals surface area contributed by atoms with Gasteiger partial charge in [0, 0.05) is 17.1 Å². The van der Waals surface area contributed by atoms with Crippen molar-refractivity contribution in [3.63, 3.8) is 0 Å². The first-order valence-corrected chi connectivity index (χ1v) is 8.49. The number of aryl methyl sites for hydroxylation is 3. The number of benzene rings is 2. The average molecular weight is 318 g/mol. The summed E-state index contributed by atoms with van der Waals surface area (Å²) >= 11 is 0. The molecule has 0 radical (unpaired) electrons. The van der Waals surface area contributed by atoms with Crippen LogP contribution in [0.4, 0.5) is 17.1 Å². The molecule has 0 amide bonds. The van der Waals surface area contributed by atoms with Crippen molar-refractivity contribution in [1.29, 1.82) is 0 Å². The molecular weight excluding hydrogens is 292 g/mol. The van der Waals surface area contributed by atoms with Gasteiger partial charge < -0.3 is 4.90 Å². The Balaban J connectivity index is 0.00000100. The molecular formula is C22H26N2. The first-order chi connectivity index (χ1) is 11.6. The lowest BCUT2D eigenvalue weighted by Crippen LogP contribution is -2.10. The fourth-order valence-electron chi connectivity index (χ4n) is 2.43. The molecule has 0 fully saturated rings. The Kier molecular flexibility index (Phi) is 6.14. The van der Waals surface area contributed by atoms with Crippen molar-refractivity contribution in [3.8, 4) is 0 Å². The SMILES string of the molecule is CC.Cc1ccc(N(c2ccc(C)cc2)c2ccc(C)nc2)cc1. The van der Waals surface area contributed by atoms with Crippen molar-refractivity contribution in [3.05, 3.63) is 83.7 Å². The third-order valence-electron chi connectivity index (χ3n) is 3.74. The predicted octanol–water partition coefficient (Wildman–Crippen LogP) is 6.50. The third kappa shape index (κ3) is 4.23. The second kappa shape index (κ2) is 8.30. The molecule has 1 aromatic heterocycles. The number of anilines is 3. The van der Waals surface area contributed by atoms with E-state index in [4.69, 9.17) is 0 Å². The maximum atomic E-state index is 4.44. The maximum absolute atomic E-state index is 4.44. The smallest absolute Gasteiger partial charge is 0.0645 e. The second-order valence-electron chi connectivity index (χ2n) is 5.66. The van der Waals surface area contributed by atoms with Crippen LogP contribution in [0.2, 0.25) is 0 Å². The number of hydrogen-bond acceptors (Lipinski definition) is 2. The van der Waals surface area contributed by atoms with Crippen LogP contribution in [-0.2, 0) is 0 Å². The highest BCUT2D eigenvalue weighted by atomic mass is 15.1. The van der Waals surface area contributed by atoms with Gasteiger partial charge in [-0.3, -0.25) is 4.98 Å². The number of rotatable bonds is 3. The van der Waals surface area contributed by atoms with Gasteiger partial charge in [-0.2, -0.15) is 0 Å². The summed E-state index contributed by atoms with van der Waals surface area (Å²) in [5, 5.41) is 0. The standard InChI is InChI=1S/C20H20N2.C2H6/c1-15-4-9-18(10-5-15)22(19-11-6-16(2)7-12-19)20-13-8-17(3)21-14-20;1-2/h4-14H,1-3H3;1-2H3. The van der Waals surface area contributed by atoms with Gasteiger partial charge in [-0.25, -0.2) is 0 Å². The van der Waals surface area contributed by atoms with Crippen molar-refractivity contribution < 1.29 is 0 Å². The number of hydrogen-bond donors (Lipinski definition) is 0. The lowest BCUT2D eigenvalue weighted by atomic mass is 10.1. The van der Waals surface area contributed by atoms with Crippen LogP contribution in [0.3, 0.4) is 0 Å². The van der Waals surface area contributed by atoms with Gasteiger partial charge in [-0.15, -0.1) is 0 Å². The Labute approximate surface area is 145 Å². The van der Waals surface area contributed by atoms with Crippen molar-refractivity contribution >= 4 is 17.1 Å². The summed E-state index contributed by atoms with van der Waals surface area (Å²) < 4.78 is 0. The van der Waals surface area contributed by atoms with Crippen LogP contribution >= 0.6 is 0 Å². The molecule has 2 nitrogen and oxygen atoms in total. The molecule has 0 saturated heterocycles. The average Bonchev–Trinajstić information content (AvgIpc) is 2.62. The summed E-state index contributed by atoms with van der Waals surface area (Å²) in [5.74, 6) is 0. The molecule has 124 valence electrons. The highest BCUT2D eigenvalue weighted by Crippen LogP contribution is 2.34. The Morgan fingerprint density at radius 2 is 1.00 bits per heavy atom. The van der Waals surface area contributed by atoms with Gasteiger partial charge in [0.2, 0.25) is 0 Å². The minimum Gasteiger partial charge on any atom is -0.309 e. The molecule has 1 heterocycles. The van der Waals surface area contributed by atoms with Crippen molar-refractivity contribution in [2.75, 3.05) is 4.90 Å². The molecule has 3 aromatic rings. The molecule has 2 heteroatoms. The molecule has 0 aliphatic rings. The van der Waals surface area contributed by atoms with Gasteiger partial charge in [0.1, 0.15) is 0 Å². The molecule has 3 rings (SSSR count). The highest BCUT2D eigenvalue weighted by molar-refractivity contribution is 5.76. The van der Waals surface area contributed by atoms with Crippen LogP contribution in [0.25, 0.3) is 0 Å². The van der Waals surface area contributed by atoms with Gasteiger partial charge in [-0.05, 0) is 57.2 Å². The number of aromatic nitrogens is 1. The van der Waals surface area contributed by atoms with Crippen LogP contribution in [0.5, 0.6) is 0 Å². The van der Waals surface area contributed by atoms with E-state index in [1.54, 1.807) is 0 Å². The van der Waals surface area contributed by atoms with E-state index in [0.29, 0.717) is 0 Å². The highest BCUT2D eigenvalue weighted by Gasteiger charge is 2.12. The Morgan fingerprint density at radius 3 is 1.38 bits per heavy atom. The Morgan fingerprint density at radius 1 is 0.583 bits per heavy atom. The summed E-state index contributed by atoms with van der Waals surface area (Å²) in [6.45, 7) is 10.2. The molecule has 24 heavy (non-hydrogen) atoms. The van der Waals surface area contributed by atoms with Gasteiger partial charge in [-0.1, -0.05) is 49.2 Å². The molecule has 2 aromatic carbocycles. The van der Waals surface area contributed by atoms with Gasteiger partial charge in [0.05, 0.1) is 11.9 Å². The topological polar surface area (TPSA) is 16.1 Å². The molecule has 0 spiro atoms. The predicted molar refractivity (Wildman–Crippen MR) is 104 cm³/mol. The summed E-state index contributed by atoms with van der Waals surface area (Å²) in [7, 11) is 0. The van der Waals surface area contributed by atoms with E-state index < -0.39 is 0 Å². The van der Waals surface area contributed by atoms with E-state index in [2.05, 4.69) is 78.3 Å². The van der Waals surface area contributed by atoms with Gasteiger partial charge >= 0.3 is 0 Å². The van der Waals surface area contributed by atoms with E-state index in [1.165, 1.54) is 11.1 Å². The molecule has 0 saturated carbocycles. The normalized spacial score (nSPS) is 9.88. The van der Waals surface area contributed by atoms with Crippen molar-refractivity contribution in [1.82, 2.24) is 4.98 Å². The van der Waals surface area contributed by atoms with E-state index in [1.807, 2.05) is 33.0 Å². The quantitative estimate of drug-likeness (QED) is 0.547. The largest absolute Gasteiger partial charge is 0.309 e. The minimum atomic E-state index is 1.02. The summed E-state index contributed by atoms with van der Waals surface area (Å²) in [6, 6.07) is 21.3. The summed E-state index contributed by atoms with van der Waals surface area (Å²) in [4.78, 5) is 6.67. The first kappa shape index (κ1) is 17.7. The molecule has 0 aliphatic carbocycles. The zero-order chi connectivity index (χ0) is 17.5. The van der Waals surface area contributed by atoms with Crippen LogP contribution in [0.1, 0.15) is 30.7 Å². The Bertz CT molecular complexity index is 633. The van der Waals surface area contributed by atoms with E-state index >= 15 is 0 Å². The van der Waals surface area contributed by atoms with Crippen LogP contribution in [0, 0.1) is 20.8 Å². The number of pyridine rings is 1. The van der Waals surface area contributed by atoms with Crippen molar-refractivity contribution in [2.24, 2.45) is 0 Å². The molecule has 0 N–H and O–H groups in total. The summed E-state index contributed by atoms with van der Waals surface area (Å²) in [6.07, 6.45) is 1.93. The summed E-state index contributed by atoms with van der Waals surface area (Å²) in [5.41, 5.74) is 6.89. The first-order valence-electron chi connectivity index (χ1n) is 8.49. The van der Waals surface area contributed by atoms with Crippen LogP contribution in [0.15, 0.2) is 66.9 Å². The van der Waals surface area contributed by atoms with Gasteiger partial charge in [0.15, 0.2) is 0 Å². The van der Waals surface area contributed by atoms with E-state index in [0.717, 1.165) is 22.8 Å². The monoisotopic (exact) mass is 318 g/mol. The van der Waals surface area contributed by atoms with Crippen LogP contribution < -0.4 is 4.90 Å². The minimum absolute atomic E-state index is 1.02. The molecule has 0 atom stereocenters. The molecule has 0 unspecified atom stereocenters. The molecule has 0 bridgehead atoms. The zero-order valence-electron chi connectivity index (χ0n) is 15.2. The maximum Gasteiger partial charge on any atom is 0.0645 e. The number of nitrogens with zero attached hydrogens (tertiary/aromatic N) is 2. The fraction of sp³-hybridized carbons (Fsp3) is 0.227.